The van der Waals surface area contributed by atoms with E-state index < -0.39 is 45.7 Å². The number of ether oxygens (including phenoxy) is 2. The summed E-state index contributed by atoms with van der Waals surface area (Å²) in [4.78, 5) is 36.7. The molecule has 11 heteroatoms. The van der Waals surface area contributed by atoms with E-state index in [1.54, 1.807) is 32.9 Å². The van der Waals surface area contributed by atoms with E-state index in [1.165, 1.54) is 37.5 Å². The Hall–Kier alpha value is -2.66. The number of alkyl carbamates (subject to hydrolysis) is 1. The number of esters is 1. The minimum Gasteiger partial charge on any atom is -0.467 e. The number of nitrogens with zero attached hydrogens (tertiary/aromatic N) is 1. The highest BCUT2D eigenvalue weighted by atomic mass is 32.2. The Morgan fingerprint density at radius 1 is 1.09 bits per heavy atom. The molecule has 0 fully saturated rings. The molecule has 1 aromatic rings. The molecular formula is C22H35N3O7S. The van der Waals surface area contributed by atoms with Gasteiger partial charge in [0.15, 0.2) is 0 Å². The number of carbonyl (C=O) groups excluding carboxylic acids is 3. The second kappa shape index (κ2) is 12.0. The number of sulfonamides is 1. The van der Waals surface area contributed by atoms with Gasteiger partial charge in [-0.3, -0.25) is 4.79 Å². The van der Waals surface area contributed by atoms with Crippen molar-refractivity contribution in [2.45, 2.75) is 70.0 Å². The lowest BCUT2D eigenvalue weighted by molar-refractivity contribution is -0.144. The summed E-state index contributed by atoms with van der Waals surface area (Å²) in [6.45, 7) is 8.49. The Bertz CT molecular complexity index is 924. The van der Waals surface area contributed by atoms with Gasteiger partial charge < -0.3 is 20.1 Å². The van der Waals surface area contributed by atoms with Crippen molar-refractivity contribution < 1.29 is 32.3 Å². The predicted molar refractivity (Wildman–Crippen MR) is 123 cm³/mol. The number of benzene rings is 1. The Morgan fingerprint density at radius 3 is 2.18 bits per heavy atom. The maximum absolute atomic E-state index is 12.7. The third-order valence-corrected chi connectivity index (χ3v) is 6.49. The van der Waals surface area contributed by atoms with Crippen LogP contribution in [0.1, 0.15) is 46.1 Å². The molecule has 0 aliphatic rings. The summed E-state index contributed by atoms with van der Waals surface area (Å²) in [5, 5.41) is 4.98. The van der Waals surface area contributed by atoms with Gasteiger partial charge in [0, 0.05) is 13.6 Å². The third kappa shape index (κ3) is 9.39. The van der Waals surface area contributed by atoms with E-state index in [-0.39, 0.29) is 24.3 Å². The minimum atomic E-state index is -3.70. The van der Waals surface area contributed by atoms with Crippen LogP contribution in [0.5, 0.6) is 0 Å². The highest BCUT2D eigenvalue weighted by Gasteiger charge is 2.28. The summed E-state index contributed by atoms with van der Waals surface area (Å²) < 4.78 is 36.5. The largest absolute Gasteiger partial charge is 0.467 e. The number of methoxy groups -OCH3 is 1. The van der Waals surface area contributed by atoms with E-state index in [2.05, 4.69) is 15.4 Å². The first-order valence-corrected chi connectivity index (χ1v) is 12.0. The van der Waals surface area contributed by atoms with Gasteiger partial charge in [0.05, 0.1) is 12.0 Å². The molecule has 2 atom stereocenters. The van der Waals surface area contributed by atoms with Crippen LogP contribution in [0.4, 0.5) is 4.79 Å². The summed E-state index contributed by atoms with van der Waals surface area (Å²) in [7, 11) is -1.05. The first-order valence-electron chi connectivity index (χ1n) is 10.6. The number of carbonyl (C=O) groups is 3. The van der Waals surface area contributed by atoms with E-state index >= 15 is 0 Å². The number of aryl methyl sites for hydroxylation is 1. The first-order chi connectivity index (χ1) is 15.2. The van der Waals surface area contributed by atoms with Crippen molar-refractivity contribution in [2.24, 2.45) is 0 Å². The first kappa shape index (κ1) is 28.4. The number of hydrogen-bond donors (Lipinski definition) is 2. The van der Waals surface area contributed by atoms with Crippen LogP contribution in [0.15, 0.2) is 29.2 Å². The van der Waals surface area contributed by atoms with Crippen molar-refractivity contribution in [1.82, 2.24) is 14.9 Å². The molecule has 0 heterocycles. The van der Waals surface area contributed by atoms with E-state index in [1.807, 2.05) is 6.92 Å². The SMILES string of the molecule is COC(=O)[C@H](C)NC(=O)[C@H](CCCN(C)S(=O)(=O)c1ccc(C)cc1)NC(=O)OC(C)(C)C. The van der Waals surface area contributed by atoms with Crippen LogP contribution >= 0.6 is 0 Å². The maximum atomic E-state index is 12.7. The normalized spacial score (nSPS) is 13.7. The smallest absolute Gasteiger partial charge is 0.408 e. The molecule has 2 amide bonds. The molecule has 1 aromatic carbocycles. The van der Waals surface area contributed by atoms with Gasteiger partial charge in [0.1, 0.15) is 17.7 Å². The van der Waals surface area contributed by atoms with Crippen molar-refractivity contribution in [3.63, 3.8) is 0 Å². The summed E-state index contributed by atoms with van der Waals surface area (Å²) in [5.41, 5.74) is 0.173. The Labute approximate surface area is 196 Å². The molecule has 1 rings (SSSR count). The third-order valence-electron chi connectivity index (χ3n) is 4.62. The number of rotatable bonds is 10. The lowest BCUT2D eigenvalue weighted by Crippen LogP contribution is -2.52. The lowest BCUT2D eigenvalue weighted by atomic mass is 10.1. The van der Waals surface area contributed by atoms with Crippen molar-refractivity contribution in [1.29, 1.82) is 0 Å². The van der Waals surface area contributed by atoms with Crippen molar-refractivity contribution in [2.75, 3.05) is 20.7 Å². The molecule has 0 aromatic heterocycles. The molecule has 0 aliphatic carbocycles. The average molecular weight is 486 g/mol. The summed E-state index contributed by atoms with van der Waals surface area (Å²) >= 11 is 0. The zero-order chi connectivity index (χ0) is 25.4. The van der Waals surface area contributed by atoms with Gasteiger partial charge in [-0.2, -0.15) is 0 Å². The molecule has 0 bridgehead atoms. The van der Waals surface area contributed by atoms with Crippen molar-refractivity contribution in [3.8, 4) is 0 Å². The minimum absolute atomic E-state index is 0.114. The second-order valence-electron chi connectivity index (χ2n) is 8.73. The van der Waals surface area contributed by atoms with Gasteiger partial charge in [-0.15, -0.1) is 0 Å². The van der Waals surface area contributed by atoms with Crippen LogP contribution in [-0.4, -0.2) is 69.1 Å². The van der Waals surface area contributed by atoms with E-state index in [9.17, 15) is 22.8 Å². The predicted octanol–water partition coefficient (Wildman–Crippen LogP) is 1.97. The van der Waals surface area contributed by atoms with Crippen LogP contribution in [-0.2, 0) is 29.1 Å². The topological polar surface area (TPSA) is 131 Å². The van der Waals surface area contributed by atoms with Crippen LogP contribution < -0.4 is 10.6 Å². The molecule has 2 N–H and O–H groups in total. The van der Waals surface area contributed by atoms with Gasteiger partial charge in [-0.05, 0) is 59.6 Å². The molecule has 33 heavy (non-hydrogen) atoms. The van der Waals surface area contributed by atoms with Crippen molar-refractivity contribution in [3.05, 3.63) is 29.8 Å². The zero-order valence-electron chi connectivity index (χ0n) is 20.3. The Morgan fingerprint density at radius 2 is 1.67 bits per heavy atom. The highest BCUT2D eigenvalue weighted by Crippen LogP contribution is 2.16. The number of amides is 2. The fourth-order valence-electron chi connectivity index (χ4n) is 2.80. The van der Waals surface area contributed by atoms with Gasteiger partial charge >= 0.3 is 12.1 Å². The number of nitrogens with one attached hydrogen (secondary N) is 2. The van der Waals surface area contributed by atoms with Gasteiger partial charge in [-0.1, -0.05) is 17.7 Å². The maximum Gasteiger partial charge on any atom is 0.408 e. The molecule has 186 valence electrons. The lowest BCUT2D eigenvalue weighted by Gasteiger charge is -2.24. The molecular weight excluding hydrogens is 450 g/mol. The Balaban J connectivity index is 2.85. The summed E-state index contributed by atoms with van der Waals surface area (Å²) in [6.07, 6.45) is -0.413. The summed E-state index contributed by atoms with van der Waals surface area (Å²) in [6, 6.07) is 4.55. The van der Waals surface area contributed by atoms with Crippen LogP contribution in [0.2, 0.25) is 0 Å². The Kier molecular flexibility index (Phi) is 10.3. The fraction of sp³-hybridized carbons (Fsp3) is 0.591. The summed E-state index contributed by atoms with van der Waals surface area (Å²) in [5.74, 6) is -1.24. The molecule has 0 unspecified atom stereocenters. The van der Waals surface area contributed by atoms with Crippen LogP contribution in [0, 0.1) is 6.92 Å². The van der Waals surface area contributed by atoms with Crippen molar-refractivity contribution >= 4 is 28.0 Å². The van der Waals surface area contributed by atoms with Crippen LogP contribution in [0.3, 0.4) is 0 Å². The van der Waals surface area contributed by atoms with Crippen LogP contribution in [0.25, 0.3) is 0 Å². The van der Waals surface area contributed by atoms with E-state index in [4.69, 9.17) is 4.74 Å². The monoisotopic (exact) mass is 485 g/mol. The van der Waals surface area contributed by atoms with Gasteiger partial charge in [-0.25, -0.2) is 22.3 Å². The van der Waals surface area contributed by atoms with E-state index in [0.29, 0.717) is 0 Å². The quantitative estimate of drug-likeness (QED) is 0.484. The standard InChI is InChI=1S/C22H35N3O7S/c1-15-10-12-17(13-11-15)33(29,30)25(6)14-8-9-18(24-21(28)32-22(3,4)5)19(26)23-16(2)20(27)31-7/h10-13,16,18H,8-9,14H2,1-7H3,(H,23,26)(H,24,28)/t16-,18-/m0/s1. The average Bonchev–Trinajstić information content (AvgIpc) is 2.70. The molecule has 0 radical (unpaired) electrons. The molecule has 0 spiro atoms. The second-order valence-corrected chi connectivity index (χ2v) is 10.8. The molecule has 0 saturated carbocycles. The molecule has 0 saturated heterocycles. The van der Waals surface area contributed by atoms with E-state index in [0.717, 1.165) is 5.56 Å². The zero-order valence-corrected chi connectivity index (χ0v) is 21.1. The molecule has 0 aliphatic heterocycles. The highest BCUT2D eigenvalue weighted by molar-refractivity contribution is 7.89. The van der Waals surface area contributed by atoms with Gasteiger partial charge in [0.2, 0.25) is 15.9 Å². The fourth-order valence-corrected chi connectivity index (χ4v) is 4.01. The van der Waals surface area contributed by atoms with Gasteiger partial charge in [0.25, 0.3) is 0 Å². The molecule has 10 nitrogen and oxygen atoms in total. The number of hydrogen-bond acceptors (Lipinski definition) is 7.